The molecule has 15 heavy (non-hydrogen) atoms. The van der Waals surface area contributed by atoms with Gasteiger partial charge >= 0.3 is 0 Å². The third-order valence-corrected chi connectivity index (χ3v) is 3.53. The Labute approximate surface area is 88.7 Å². The molecule has 0 saturated heterocycles. The largest absolute Gasteiger partial charge is 0.345 e. The molecule has 1 unspecified atom stereocenters. The average molecular weight is 250 g/mol. The highest BCUT2D eigenvalue weighted by atomic mass is 32.2. The first-order valence-corrected chi connectivity index (χ1v) is 7.07. The van der Waals surface area contributed by atoms with Crippen LogP contribution in [0.3, 0.4) is 0 Å². The van der Waals surface area contributed by atoms with E-state index in [1.807, 2.05) is 6.92 Å². The summed E-state index contributed by atoms with van der Waals surface area (Å²) in [6.45, 7) is 1.82. The maximum Gasteiger partial charge on any atom is 0.297 e. The summed E-state index contributed by atoms with van der Waals surface area (Å²) in [5.41, 5.74) is 0.921. The van der Waals surface area contributed by atoms with Crippen LogP contribution in [0.15, 0.2) is 29.2 Å². The van der Waals surface area contributed by atoms with Crippen LogP contribution in [0.2, 0.25) is 0 Å². The lowest BCUT2D eigenvalue weighted by atomic mass is 10.2. The highest BCUT2D eigenvalue weighted by Crippen LogP contribution is 2.19. The first-order chi connectivity index (χ1) is 6.92. The molecule has 0 radical (unpaired) electrons. The van der Waals surface area contributed by atoms with E-state index in [0.717, 1.165) is 5.56 Å². The smallest absolute Gasteiger partial charge is 0.297 e. The first-order valence-electron chi connectivity index (χ1n) is 4.10. The van der Waals surface area contributed by atoms with Gasteiger partial charge in [0.2, 0.25) is 8.03 Å². The summed E-state index contributed by atoms with van der Waals surface area (Å²) in [5.74, 6) is 0. The zero-order valence-corrected chi connectivity index (χ0v) is 9.82. The second-order valence-corrected chi connectivity index (χ2v) is 5.61. The van der Waals surface area contributed by atoms with Gasteiger partial charge in [-0.1, -0.05) is 17.7 Å². The summed E-state index contributed by atoms with van der Waals surface area (Å²) in [6.07, 6.45) is -0.680. The normalized spacial score (nSPS) is 13.7. The van der Waals surface area contributed by atoms with E-state index in [2.05, 4.69) is 4.18 Å². The van der Waals surface area contributed by atoms with Crippen molar-refractivity contribution in [1.29, 1.82) is 0 Å². The van der Waals surface area contributed by atoms with E-state index in [0.29, 0.717) is 0 Å². The van der Waals surface area contributed by atoms with E-state index < -0.39 is 24.5 Å². The minimum absolute atomic E-state index is 0.0173. The Hall–Kier alpha value is -0.680. The molecule has 0 amide bonds. The summed E-state index contributed by atoms with van der Waals surface area (Å²) >= 11 is 0. The van der Waals surface area contributed by atoms with Crippen molar-refractivity contribution < 1.29 is 22.1 Å². The van der Waals surface area contributed by atoms with Gasteiger partial charge in [-0.25, -0.2) is 0 Å². The quantitative estimate of drug-likeness (QED) is 0.639. The van der Waals surface area contributed by atoms with Crippen molar-refractivity contribution in [2.75, 3.05) is 6.35 Å². The Morgan fingerprint density at radius 2 is 1.87 bits per heavy atom. The lowest BCUT2D eigenvalue weighted by Crippen LogP contribution is -2.05. The lowest BCUT2D eigenvalue weighted by molar-refractivity contribution is 0.355. The fourth-order valence-electron chi connectivity index (χ4n) is 0.901. The molecule has 5 nitrogen and oxygen atoms in total. The summed E-state index contributed by atoms with van der Waals surface area (Å²) in [6, 6.07) is 6.02. The molecular weight excluding hydrogens is 239 g/mol. The number of hydrogen-bond acceptors (Lipinski definition) is 4. The Kier molecular flexibility index (Phi) is 4.04. The Bertz CT molecular complexity index is 450. The molecule has 0 aliphatic rings. The molecule has 0 heterocycles. The third-order valence-electron chi connectivity index (χ3n) is 1.65. The van der Waals surface area contributed by atoms with Crippen LogP contribution < -0.4 is 0 Å². The number of aryl methyl sites for hydroxylation is 1. The summed E-state index contributed by atoms with van der Waals surface area (Å²) in [7, 11) is -6.84. The molecule has 1 aromatic rings. The molecule has 0 aliphatic heterocycles. The zero-order chi connectivity index (χ0) is 11.5. The summed E-state index contributed by atoms with van der Waals surface area (Å²) < 4.78 is 37.5. The molecule has 1 atom stereocenters. The van der Waals surface area contributed by atoms with Crippen LogP contribution in [0.5, 0.6) is 0 Å². The van der Waals surface area contributed by atoms with E-state index in [-0.39, 0.29) is 4.90 Å². The van der Waals surface area contributed by atoms with Crippen LogP contribution in [0.25, 0.3) is 0 Å². The average Bonchev–Trinajstić information content (AvgIpc) is 2.16. The van der Waals surface area contributed by atoms with Crippen molar-refractivity contribution >= 4 is 18.1 Å². The van der Waals surface area contributed by atoms with Gasteiger partial charge in [0.05, 0.1) is 4.90 Å². The van der Waals surface area contributed by atoms with Gasteiger partial charge in [-0.15, -0.1) is 0 Å². The van der Waals surface area contributed by atoms with Crippen LogP contribution in [-0.4, -0.2) is 19.7 Å². The molecule has 0 aromatic heterocycles. The van der Waals surface area contributed by atoms with Crippen molar-refractivity contribution in [1.82, 2.24) is 0 Å². The monoisotopic (exact) mass is 250 g/mol. The number of hydrogen-bond donors (Lipinski definition) is 1. The Morgan fingerprint density at radius 1 is 1.33 bits per heavy atom. The predicted octanol–water partition coefficient (Wildman–Crippen LogP) is 1.12. The van der Waals surface area contributed by atoms with E-state index in [9.17, 15) is 13.0 Å². The van der Waals surface area contributed by atoms with Crippen LogP contribution >= 0.6 is 8.03 Å². The lowest BCUT2D eigenvalue weighted by Gasteiger charge is -2.03. The third kappa shape index (κ3) is 3.76. The number of benzene rings is 1. The molecule has 0 fully saturated rings. The first kappa shape index (κ1) is 12.4. The van der Waals surface area contributed by atoms with E-state index in [1.54, 1.807) is 12.1 Å². The molecular formula is C8H11O5PS. The molecule has 0 saturated carbocycles. The van der Waals surface area contributed by atoms with Gasteiger partial charge < -0.3 is 4.89 Å². The fraction of sp³-hybridized carbons (Fsp3) is 0.250. The Balaban J connectivity index is 2.87. The fourth-order valence-corrected chi connectivity index (χ4v) is 2.53. The SMILES string of the molecule is Cc1ccc(S(=O)(=O)OC[PH](=O)O)cc1. The van der Waals surface area contributed by atoms with E-state index >= 15 is 0 Å². The second-order valence-electron chi connectivity index (χ2n) is 2.92. The summed E-state index contributed by atoms with van der Waals surface area (Å²) in [4.78, 5) is 8.45. The zero-order valence-electron chi connectivity index (χ0n) is 8.00. The minimum Gasteiger partial charge on any atom is -0.345 e. The molecule has 7 heteroatoms. The topological polar surface area (TPSA) is 80.7 Å². The van der Waals surface area contributed by atoms with Crippen LogP contribution in [0.4, 0.5) is 0 Å². The molecule has 84 valence electrons. The summed E-state index contributed by atoms with van der Waals surface area (Å²) in [5, 5.41) is 0. The van der Waals surface area contributed by atoms with Gasteiger partial charge in [-0.2, -0.15) is 8.42 Å². The molecule has 1 aromatic carbocycles. The maximum atomic E-state index is 11.4. The molecule has 0 bridgehead atoms. The van der Waals surface area contributed by atoms with Gasteiger partial charge in [-0.05, 0) is 19.1 Å². The van der Waals surface area contributed by atoms with Gasteiger partial charge in [-0.3, -0.25) is 8.75 Å². The predicted molar refractivity (Wildman–Crippen MR) is 55.5 cm³/mol. The molecule has 0 aliphatic carbocycles. The van der Waals surface area contributed by atoms with Crippen LogP contribution in [0, 0.1) is 6.92 Å². The molecule has 1 N–H and O–H groups in total. The van der Waals surface area contributed by atoms with Gasteiger partial charge in [0.25, 0.3) is 10.1 Å². The van der Waals surface area contributed by atoms with Crippen molar-refractivity contribution in [2.24, 2.45) is 0 Å². The van der Waals surface area contributed by atoms with Crippen molar-refractivity contribution in [3.63, 3.8) is 0 Å². The van der Waals surface area contributed by atoms with Gasteiger partial charge in [0.15, 0.2) is 0 Å². The van der Waals surface area contributed by atoms with Crippen LogP contribution in [0.1, 0.15) is 5.56 Å². The van der Waals surface area contributed by atoms with Gasteiger partial charge in [0.1, 0.15) is 6.35 Å². The van der Waals surface area contributed by atoms with Crippen molar-refractivity contribution in [3.05, 3.63) is 29.8 Å². The Morgan fingerprint density at radius 3 is 2.33 bits per heavy atom. The standard InChI is InChI=1S/C8H11O5PS/c1-7-2-4-8(5-3-7)15(11,12)13-6-14(9)10/h2-5,14H,6H2,1H3,(H,9,10). The van der Waals surface area contributed by atoms with E-state index in [4.69, 9.17) is 4.89 Å². The molecule has 0 spiro atoms. The van der Waals surface area contributed by atoms with Crippen LogP contribution in [-0.2, 0) is 18.9 Å². The highest BCUT2D eigenvalue weighted by Gasteiger charge is 2.15. The minimum atomic E-state index is -3.91. The van der Waals surface area contributed by atoms with Crippen molar-refractivity contribution in [3.8, 4) is 0 Å². The highest BCUT2D eigenvalue weighted by molar-refractivity contribution is 7.87. The van der Waals surface area contributed by atoms with Crippen molar-refractivity contribution in [2.45, 2.75) is 11.8 Å². The molecule has 1 rings (SSSR count). The van der Waals surface area contributed by atoms with Gasteiger partial charge in [0, 0.05) is 0 Å². The maximum absolute atomic E-state index is 11.4. The van der Waals surface area contributed by atoms with E-state index in [1.165, 1.54) is 12.1 Å². The second kappa shape index (κ2) is 4.90. The number of rotatable bonds is 4.